The monoisotopic (exact) mass is 388 g/mol. The highest BCUT2D eigenvalue weighted by atomic mass is 19.1. The highest BCUT2D eigenvalue weighted by Gasteiger charge is 2.43. The SMILES string of the molecule is CC(C)OC(=O)C(N)(CC(C)(C)C)c1ccc(-c2cnn(C3CC3)n2)cc1F. The Morgan fingerprint density at radius 2 is 2.04 bits per heavy atom. The molecule has 1 saturated carbocycles. The first-order valence-electron chi connectivity index (χ1n) is 9.72. The second-order valence-electron chi connectivity index (χ2n) is 9.14. The lowest BCUT2D eigenvalue weighted by molar-refractivity contribution is -0.156. The first-order chi connectivity index (χ1) is 13.0. The molecule has 2 aromatic rings. The van der Waals surface area contributed by atoms with Crippen LogP contribution in [0.25, 0.3) is 11.3 Å². The van der Waals surface area contributed by atoms with Gasteiger partial charge >= 0.3 is 5.97 Å². The van der Waals surface area contributed by atoms with Crippen LogP contribution in [-0.4, -0.2) is 27.1 Å². The molecule has 1 aromatic carbocycles. The second-order valence-corrected chi connectivity index (χ2v) is 9.14. The zero-order valence-electron chi connectivity index (χ0n) is 17.2. The van der Waals surface area contributed by atoms with E-state index in [4.69, 9.17) is 10.5 Å². The molecule has 1 aliphatic rings. The molecule has 1 atom stereocenters. The van der Waals surface area contributed by atoms with Gasteiger partial charge in [-0.05, 0) is 44.6 Å². The molecule has 0 radical (unpaired) electrons. The van der Waals surface area contributed by atoms with Crippen molar-refractivity contribution in [1.29, 1.82) is 0 Å². The van der Waals surface area contributed by atoms with Gasteiger partial charge in [-0.2, -0.15) is 15.0 Å². The Balaban J connectivity index is 1.96. The number of nitrogens with two attached hydrogens (primary N) is 1. The van der Waals surface area contributed by atoms with Gasteiger partial charge in [0.2, 0.25) is 0 Å². The fourth-order valence-electron chi connectivity index (χ4n) is 3.36. The Labute approximate surface area is 165 Å². The van der Waals surface area contributed by atoms with Crippen LogP contribution in [-0.2, 0) is 15.1 Å². The fourth-order valence-corrected chi connectivity index (χ4v) is 3.36. The Morgan fingerprint density at radius 3 is 2.57 bits per heavy atom. The molecule has 28 heavy (non-hydrogen) atoms. The minimum absolute atomic E-state index is 0.131. The molecule has 0 aliphatic heterocycles. The number of halogens is 1. The molecule has 0 spiro atoms. The van der Waals surface area contributed by atoms with Crippen LogP contribution in [0.15, 0.2) is 24.4 Å². The summed E-state index contributed by atoms with van der Waals surface area (Å²) in [5.41, 5.74) is 5.95. The fraction of sp³-hybridized carbons (Fsp3) is 0.571. The number of hydrogen-bond acceptors (Lipinski definition) is 5. The van der Waals surface area contributed by atoms with E-state index in [1.807, 2.05) is 20.8 Å². The van der Waals surface area contributed by atoms with Gasteiger partial charge in [-0.25, -0.2) is 9.18 Å². The molecule has 1 fully saturated rings. The molecule has 1 aromatic heterocycles. The van der Waals surface area contributed by atoms with Crippen molar-refractivity contribution >= 4 is 5.97 Å². The summed E-state index contributed by atoms with van der Waals surface area (Å²) < 4.78 is 20.5. The summed E-state index contributed by atoms with van der Waals surface area (Å²) in [6.45, 7) is 9.37. The number of carbonyl (C=O) groups excluding carboxylic acids is 1. The van der Waals surface area contributed by atoms with Crippen molar-refractivity contribution in [2.24, 2.45) is 11.1 Å². The average Bonchev–Trinajstić information content (AvgIpc) is 3.29. The van der Waals surface area contributed by atoms with E-state index in [1.165, 1.54) is 6.07 Å². The van der Waals surface area contributed by atoms with Gasteiger partial charge in [0.1, 0.15) is 17.1 Å². The van der Waals surface area contributed by atoms with E-state index < -0.39 is 17.3 Å². The predicted octanol–water partition coefficient (Wildman–Crippen LogP) is 3.96. The largest absolute Gasteiger partial charge is 0.461 e. The van der Waals surface area contributed by atoms with E-state index in [0.29, 0.717) is 17.3 Å². The van der Waals surface area contributed by atoms with Crippen molar-refractivity contribution in [3.63, 3.8) is 0 Å². The van der Waals surface area contributed by atoms with Crippen molar-refractivity contribution in [3.8, 4) is 11.3 Å². The van der Waals surface area contributed by atoms with Crippen LogP contribution in [0.4, 0.5) is 4.39 Å². The molecular weight excluding hydrogens is 359 g/mol. The topological polar surface area (TPSA) is 83.0 Å². The summed E-state index contributed by atoms with van der Waals surface area (Å²) in [6.07, 6.45) is 3.68. The highest BCUT2D eigenvalue weighted by Crippen LogP contribution is 2.37. The number of carbonyl (C=O) groups is 1. The highest BCUT2D eigenvalue weighted by molar-refractivity contribution is 5.83. The molecule has 7 heteroatoms. The number of esters is 1. The summed E-state index contributed by atoms with van der Waals surface area (Å²) in [5.74, 6) is -1.17. The number of hydrogen-bond donors (Lipinski definition) is 1. The van der Waals surface area contributed by atoms with E-state index in [9.17, 15) is 4.79 Å². The predicted molar refractivity (Wildman–Crippen MR) is 105 cm³/mol. The molecule has 3 rings (SSSR count). The van der Waals surface area contributed by atoms with Gasteiger partial charge in [-0.15, -0.1) is 0 Å². The molecular formula is C21H29FN4O2. The Bertz CT molecular complexity index is 868. The molecule has 2 N–H and O–H groups in total. The third-order valence-electron chi connectivity index (χ3n) is 4.64. The van der Waals surface area contributed by atoms with Crippen molar-refractivity contribution in [2.45, 2.75) is 71.6 Å². The zero-order chi connectivity index (χ0) is 20.7. The van der Waals surface area contributed by atoms with Crippen molar-refractivity contribution < 1.29 is 13.9 Å². The maximum absolute atomic E-state index is 15.1. The zero-order valence-corrected chi connectivity index (χ0v) is 17.2. The maximum Gasteiger partial charge on any atom is 0.331 e. The molecule has 1 aliphatic carbocycles. The molecule has 0 bridgehead atoms. The number of nitrogens with zero attached hydrogens (tertiary/aromatic N) is 3. The lowest BCUT2D eigenvalue weighted by Crippen LogP contribution is -2.49. The smallest absolute Gasteiger partial charge is 0.331 e. The van der Waals surface area contributed by atoms with E-state index in [-0.39, 0.29) is 23.5 Å². The first kappa shape index (κ1) is 20.5. The summed E-state index contributed by atoms with van der Waals surface area (Å²) in [7, 11) is 0. The van der Waals surface area contributed by atoms with Crippen LogP contribution >= 0.6 is 0 Å². The van der Waals surface area contributed by atoms with E-state index in [1.54, 1.807) is 37.0 Å². The van der Waals surface area contributed by atoms with Gasteiger partial charge in [0.15, 0.2) is 0 Å². The van der Waals surface area contributed by atoms with Crippen LogP contribution in [0.2, 0.25) is 0 Å². The summed E-state index contributed by atoms with van der Waals surface area (Å²) in [6, 6.07) is 5.01. The van der Waals surface area contributed by atoms with Gasteiger partial charge in [0, 0.05) is 11.1 Å². The van der Waals surface area contributed by atoms with E-state index >= 15 is 4.39 Å². The number of benzene rings is 1. The van der Waals surface area contributed by atoms with Gasteiger partial charge in [0.25, 0.3) is 0 Å². The normalized spacial score (nSPS) is 16.9. The molecule has 0 amide bonds. The van der Waals surface area contributed by atoms with Crippen LogP contribution in [0.5, 0.6) is 0 Å². The first-order valence-corrected chi connectivity index (χ1v) is 9.72. The summed E-state index contributed by atoms with van der Waals surface area (Å²) >= 11 is 0. The lowest BCUT2D eigenvalue weighted by Gasteiger charge is -2.34. The van der Waals surface area contributed by atoms with Gasteiger partial charge in [-0.3, -0.25) is 0 Å². The number of rotatable bonds is 6. The summed E-state index contributed by atoms with van der Waals surface area (Å²) in [4.78, 5) is 14.5. The lowest BCUT2D eigenvalue weighted by atomic mass is 9.76. The number of aromatic nitrogens is 3. The van der Waals surface area contributed by atoms with Crippen molar-refractivity contribution in [1.82, 2.24) is 15.0 Å². The molecule has 0 saturated heterocycles. The van der Waals surface area contributed by atoms with Crippen LogP contribution in [0.1, 0.15) is 65.5 Å². The van der Waals surface area contributed by atoms with Crippen molar-refractivity contribution in [2.75, 3.05) is 0 Å². The maximum atomic E-state index is 15.1. The molecule has 1 heterocycles. The minimum atomic E-state index is -1.57. The van der Waals surface area contributed by atoms with Gasteiger partial charge in [0.05, 0.1) is 18.3 Å². The third kappa shape index (κ3) is 4.41. The van der Waals surface area contributed by atoms with Crippen LogP contribution in [0, 0.1) is 11.2 Å². The third-order valence-corrected chi connectivity index (χ3v) is 4.64. The quantitative estimate of drug-likeness (QED) is 0.757. The second kappa shape index (κ2) is 7.28. The van der Waals surface area contributed by atoms with Crippen LogP contribution < -0.4 is 5.73 Å². The van der Waals surface area contributed by atoms with Crippen molar-refractivity contribution in [3.05, 3.63) is 35.8 Å². The summed E-state index contributed by atoms with van der Waals surface area (Å²) in [5, 5.41) is 8.67. The average molecular weight is 388 g/mol. The Morgan fingerprint density at radius 1 is 1.36 bits per heavy atom. The van der Waals surface area contributed by atoms with Crippen LogP contribution in [0.3, 0.4) is 0 Å². The molecule has 1 unspecified atom stereocenters. The van der Waals surface area contributed by atoms with E-state index in [0.717, 1.165) is 12.8 Å². The number of ether oxygens (including phenoxy) is 1. The Kier molecular flexibility index (Phi) is 5.32. The minimum Gasteiger partial charge on any atom is -0.461 e. The Hall–Kier alpha value is -2.28. The van der Waals surface area contributed by atoms with Gasteiger partial charge in [-0.1, -0.05) is 32.9 Å². The molecule has 6 nitrogen and oxygen atoms in total. The standard InChI is InChI=1S/C21H29FN4O2/c1-13(2)28-19(27)21(23,12-20(3,4)5)16-9-6-14(10-17(16)22)18-11-24-26(25-18)15-7-8-15/h6,9-11,13,15H,7-8,12,23H2,1-5H3. The van der Waals surface area contributed by atoms with E-state index in [2.05, 4.69) is 10.2 Å². The molecule has 152 valence electrons. The van der Waals surface area contributed by atoms with Gasteiger partial charge < -0.3 is 10.5 Å².